The van der Waals surface area contributed by atoms with Crippen LogP contribution in [0, 0.1) is 0 Å². The fourth-order valence-corrected chi connectivity index (χ4v) is 3.24. The minimum absolute atomic E-state index is 0.164. The van der Waals surface area contributed by atoms with Gasteiger partial charge in [0.05, 0.1) is 16.3 Å². The third-order valence-corrected chi connectivity index (χ3v) is 5.67. The zero-order valence-corrected chi connectivity index (χ0v) is 15.6. The predicted octanol–water partition coefficient (Wildman–Crippen LogP) is 3.46. The van der Waals surface area contributed by atoms with Gasteiger partial charge in [-0.25, -0.2) is 26.0 Å². The lowest BCUT2D eigenvalue weighted by Gasteiger charge is -2.16. The van der Waals surface area contributed by atoms with Crippen molar-refractivity contribution in [1.29, 1.82) is 0 Å². The molecule has 1 aromatic carbocycles. The van der Waals surface area contributed by atoms with Gasteiger partial charge in [0.1, 0.15) is 23.2 Å². The number of hydrogen-bond donors (Lipinski definition) is 2. The highest BCUT2D eigenvalue weighted by Gasteiger charge is 2.27. The number of rotatable bonds is 7. The Labute approximate surface area is 157 Å². The summed E-state index contributed by atoms with van der Waals surface area (Å²) in [5.74, 6) is -1.64. The quantitative estimate of drug-likeness (QED) is 0.525. The van der Waals surface area contributed by atoms with Crippen molar-refractivity contribution in [2.24, 2.45) is 0 Å². The summed E-state index contributed by atoms with van der Waals surface area (Å²) in [6.45, 7) is 2.56. The van der Waals surface area contributed by atoms with E-state index in [1.807, 2.05) is 0 Å². The van der Waals surface area contributed by atoms with Gasteiger partial charge >= 0.3 is 0 Å². The van der Waals surface area contributed by atoms with Gasteiger partial charge in [-0.1, -0.05) is 6.92 Å². The lowest BCUT2D eigenvalue weighted by Crippen LogP contribution is -2.26. The zero-order valence-electron chi connectivity index (χ0n) is 14.7. The molecule has 0 aliphatic carbocycles. The van der Waals surface area contributed by atoms with Gasteiger partial charge in [-0.15, -0.1) is 0 Å². The summed E-state index contributed by atoms with van der Waals surface area (Å²) < 4.78 is 76.1. The first kappa shape index (κ1) is 21.7. The molecule has 1 amide bonds. The molecular weight excluding hydrogens is 406 g/mol. The van der Waals surface area contributed by atoms with Crippen LogP contribution in [0.25, 0.3) is 0 Å². The maximum atomic E-state index is 13.1. The average molecular weight is 423 g/mol. The summed E-state index contributed by atoms with van der Waals surface area (Å²) >= 11 is 0. The standard InChI is InChI=1S/C16H17F4N3O4S/c1-3-28(26,27)9-4-5-13(24)10(6-9)21-16(25)8(2)23-12(15(19)20)7-11(22-23)14(17)18/h4-8,14-15,24H,3H2,1-2H3,(H,21,25). The number of carbonyl (C=O) groups is 1. The fraction of sp³-hybridized carbons (Fsp3) is 0.375. The Hall–Kier alpha value is -2.63. The zero-order chi connectivity index (χ0) is 21.2. The number of hydrogen-bond acceptors (Lipinski definition) is 5. The molecule has 0 fully saturated rings. The van der Waals surface area contributed by atoms with E-state index >= 15 is 0 Å². The Balaban J connectivity index is 2.34. The highest BCUT2D eigenvalue weighted by atomic mass is 32.2. The second-order valence-electron chi connectivity index (χ2n) is 5.79. The second-order valence-corrected chi connectivity index (χ2v) is 8.07. The number of aromatic nitrogens is 2. The van der Waals surface area contributed by atoms with Crippen LogP contribution in [0.1, 0.15) is 44.1 Å². The Bertz CT molecular complexity index is 976. The summed E-state index contributed by atoms with van der Waals surface area (Å²) in [5.41, 5.74) is -2.05. The lowest BCUT2D eigenvalue weighted by molar-refractivity contribution is -0.119. The molecule has 1 atom stereocenters. The molecule has 0 saturated heterocycles. The van der Waals surface area contributed by atoms with Gasteiger partial charge in [0, 0.05) is 0 Å². The van der Waals surface area contributed by atoms with Crippen molar-refractivity contribution in [3.05, 3.63) is 35.7 Å². The molecule has 2 aromatic rings. The number of sulfone groups is 1. The minimum atomic E-state index is -3.63. The van der Waals surface area contributed by atoms with Crippen LogP contribution in [0.4, 0.5) is 23.2 Å². The fourth-order valence-electron chi connectivity index (χ4n) is 2.33. The first-order chi connectivity index (χ1) is 13.0. The Morgan fingerprint density at radius 3 is 2.39 bits per heavy atom. The van der Waals surface area contributed by atoms with Gasteiger partial charge in [0.2, 0.25) is 5.91 Å². The van der Waals surface area contributed by atoms with Crippen LogP contribution in [0.3, 0.4) is 0 Å². The van der Waals surface area contributed by atoms with Gasteiger partial charge in [-0.2, -0.15) is 5.10 Å². The molecule has 0 saturated carbocycles. The van der Waals surface area contributed by atoms with E-state index in [0.717, 1.165) is 25.1 Å². The number of aromatic hydroxyl groups is 1. The summed E-state index contributed by atoms with van der Waals surface area (Å²) in [6, 6.07) is 2.27. The normalized spacial score (nSPS) is 13.1. The van der Waals surface area contributed by atoms with Crippen LogP contribution in [0.5, 0.6) is 5.75 Å². The van der Waals surface area contributed by atoms with E-state index in [2.05, 4.69) is 10.4 Å². The summed E-state index contributed by atoms with van der Waals surface area (Å²) in [6.07, 6.45) is -6.25. The molecule has 0 bridgehead atoms. The van der Waals surface area contributed by atoms with Crippen LogP contribution in [0.15, 0.2) is 29.2 Å². The molecular formula is C16H17F4N3O4S. The van der Waals surface area contributed by atoms with Gasteiger partial charge in [0.15, 0.2) is 9.84 Å². The van der Waals surface area contributed by atoms with Crippen LogP contribution >= 0.6 is 0 Å². The molecule has 12 heteroatoms. The number of nitrogens with zero attached hydrogens (tertiary/aromatic N) is 2. The third-order valence-electron chi connectivity index (χ3n) is 3.94. The van der Waals surface area contributed by atoms with E-state index in [0.29, 0.717) is 10.7 Å². The van der Waals surface area contributed by atoms with Crippen LogP contribution in [-0.2, 0) is 14.6 Å². The number of benzene rings is 1. The highest BCUT2D eigenvalue weighted by molar-refractivity contribution is 7.91. The Kier molecular flexibility index (Phi) is 6.32. The number of amides is 1. The summed E-state index contributed by atoms with van der Waals surface area (Å²) in [7, 11) is -3.63. The molecule has 1 aromatic heterocycles. The molecule has 0 radical (unpaired) electrons. The molecule has 0 aliphatic heterocycles. The van der Waals surface area contributed by atoms with Crippen molar-refractivity contribution >= 4 is 21.4 Å². The van der Waals surface area contributed by atoms with Gasteiger partial charge in [-0.05, 0) is 31.2 Å². The monoisotopic (exact) mass is 423 g/mol. The number of carbonyl (C=O) groups excluding carboxylic acids is 1. The van der Waals surface area contributed by atoms with E-state index in [1.54, 1.807) is 0 Å². The van der Waals surface area contributed by atoms with Crippen molar-refractivity contribution in [2.45, 2.75) is 37.6 Å². The molecule has 0 aliphatic rings. The van der Waals surface area contributed by atoms with E-state index in [4.69, 9.17) is 0 Å². The minimum Gasteiger partial charge on any atom is -0.506 e. The lowest BCUT2D eigenvalue weighted by atomic mass is 10.2. The summed E-state index contributed by atoms with van der Waals surface area (Å²) in [5, 5.41) is 15.4. The SMILES string of the molecule is CCS(=O)(=O)c1ccc(O)c(NC(=O)C(C)n2nc(C(F)F)cc2C(F)F)c1. The first-order valence-electron chi connectivity index (χ1n) is 8.00. The first-order valence-corrected chi connectivity index (χ1v) is 9.65. The van der Waals surface area contributed by atoms with Crippen LogP contribution in [-0.4, -0.2) is 35.0 Å². The topological polar surface area (TPSA) is 101 Å². The maximum Gasteiger partial charge on any atom is 0.282 e. The van der Waals surface area contributed by atoms with E-state index in [1.165, 1.54) is 6.92 Å². The molecule has 0 spiro atoms. The number of alkyl halides is 4. The number of nitrogens with one attached hydrogen (secondary N) is 1. The molecule has 154 valence electrons. The van der Waals surface area contributed by atoms with Gasteiger partial charge < -0.3 is 10.4 Å². The van der Waals surface area contributed by atoms with Gasteiger partial charge in [-0.3, -0.25) is 9.48 Å². The number of phenolic OH excluding ortho intramolecular Hbond substituents is 1. The smallest absolute Gasteiger partial charge is 0.282 e. The Morgan fingerprint density at radius 2 is 1.86 bits per heavy atom. The molecule has 2 rings (SSSR count). The van der Waals surface area contributed by atoms with Crippen LogP contribution in [0.2, 0.25) is 0 Å². The van der Waals surface area contributed by atoms with E-state index in [-0.39, 0.29) is 16.3 Å². The molecule has 28 heavy (non-hydrogen) atoms. The highest BCUT2D eigenvalue weighted by Crippen LogP contribution is 2.30. The maximum absolute atomic E-state index is 13.1. The van der Waals surface area contributed by atoms with E-state index in [9.17, 15) is 35.9 Å². The van der Waals surface area contributed by atoms with Crippen molar-refractivity contribution in [2.75, 3.05) is 11.1 Å². The number of phenols is 1. The predicted molar refractivity (Wildman–Crippen MR) is 91.3 cm³/mol. The van der Waals surface area contributed by atoms with E-state index < -0.39 is 51.8 Å². The van der Waals surface area contributed by atoms with Crippen molar-refractivity contribution in [3.63, 3.8) is 0 Å². The molecule has 2 N–H and O–H groups in total. The molecule has 1 heterocycles. The number of anilines is 1. The summed E-state index contributed by atoms with van der Waals surface area (Å²) in [4.78, 5) is 12.2. The largest absolute Gasteiger partial charge is 0.506 e. The van der Waals surface area contributed by atoms with Crippen molar-refractivity contribution in [3.8, 4) is 5.75 Å². The average Bonchev–Trinajstić information content (AvgIpc) is 3.08. The molecule has 1 unspecified atom stereocenters. The molecule has 7 nitrogen and oxygen atoms in total. The third kappa shape index (κ3) is 4.43. The number of halogens is 4. The second kappa shape index (κ2) is 8.17. The van der Waals surface area contributed by atoms with Gasteiger partial charge in [0.25, 0.3) is 12.9 Å². The van der Waals surface area contributed by atoms with Crippen LogP contribution < -0.4 is 5.32 Å². The Morgan fingerprint density at radius 1 is 1.21 bits per heavy atom. The van der Waals surface area contributed by atoms with Crippen molar-refractivity contribution < 1.29 is 35.9 Å². The van der Waals surface area contributed by atoms with Crippen molar-refractivity contribution in [1.82, 2.24) is 9.78 Å².